The molecule has 4 nitrogen and oxygen atoms in total. The van der Waals surface area contributed by atoms with Crippen LogP contribution in [0.2, 0.25) is 5.02 Å². The highest BCUT2D eigenvalue weighted by atomic mass is 35.5. The van der Waals surface area contributed by atoms with Gasteiger partial charge in [-0.05, 0) is 51.3 Å². The largest absolute Gasteiger partial charge is 0.329 e. The second-order valence-electron chi connectivity index (χ2n) is 4.86. The van der Waals surface area contributed by atoms with Gasteiger partial charge < -0.3 is 9.88 Å². The standard InChI is InChI=1S/C12H15ClN4S/c1-16-4-2-9(3-5-16)17-11-10(15-12(17)18)6-8(13)7-14-11/h6-7,9H,2-5H2,1H3,(H,15,18). The Morgan fingerprint density at radius 2 is 2.17 bits per heavy atom. The number of halogens is 1. The van der Waals surface area contributed by atoms with E-state index in [0.717, 1.165) is 41.9 Å². The molecular weight excluding hydrogens is 268 g/mol. The van der Waals surface area contributed by atoms with Crippen molar-refractivity contribution in [2.45, 2.75) is 18.9 Å². The molecule has 0 unspecified atom stereocenters. The van der Waals surface area contributed by atoms with Crippen LogP contribution < -0.4 is 0 Å². The highest BCUT2D eigenvalue weighted by Crippen LogP contribution is 2.26. The molecule has 1 aliphatic rings. The number of nitrogens with one attached hydrogen (secondary N) is 1. The first-order chi connectivity index (χ1) is 8.65. The molecule has 18 heavy (non-hydrogen) atoms. The fraction of sp³-hybridized carbons (Fsp3) is 0.500. The molecule has 0 radical (unpaired) electrons. The molecule has 2 aromatic heterocycles. The molecule has 96 valence electrons. The van der Waals surface area contributed by atoms with Gasteiger partial charge in [0.25, 0.3) is 0 Å². The fourth-order valence-electron chi connectivity index (χ4n) is 2.58. The lowest BCUT2D eigenvalue weighted by atomic mass is 10.1. The molecule has 1 saturated heterocycles. The number of hydrogen-bond donors (Lipinski definition) is 1. The first-order valence-electron chi connectivity index (χ1n) is 6.09. The zero-order valence-electron chi connectivity index (χ0n) is 10.2. The molecule has 0 saturated carbocycles. The minimum Gasteiger partial charge on any atom is -0.329 e. The third-order valence-electron chi connectivity index (χ3n) is 3.58. The summed E-state index contributed by atoms with van der Waals surface area (Å²) in [5, 5.41) is 0.634. The van der Waals surface area contributed by atoms with Crippen LogP contribution in [-0.2, 0) is 0 Å². The number of aromatic amines is 1. The highest BCUT2D eigenvalue weighted by Gasteiger charge is 2.21. The van der Waals surface area contributed by atoms with Crippen LogP contribution in [0.1, 0.15) is 18.9 Å². The minimum absolute atomic E-state index is 0.441. The summed E-state index contributed by atoms with van der Waals surface area (Å²) < 4.78 is 2.89. The zero-order chi connectivity index (χ0) is 12.7. The summed E-state index contributed by atoms with van der Waals surface area (Å²) >= 11 is 11.4. The van der Waals surface area contributed by atoms with Crippen molar-refractivity contribution in [3.63, 3.8) is 0 Å². The molecular formula is C12H15ClN4S. The maximum atomic E-state index is 5.95. The Morgan fingerprint density at radius 1 is 1.44 bits per heavy atom. The lowest BCUT2D eigenvalue weighted by Crippen LogP contribution is -2.31. The Bertz CT molecular complexity index is 625. The lowest BCUT2D eigenvalue weighted by Gasteiger charge is -2.29. The third-order valence-corrected chi connectivity index (χ3v) is 4.08. The first kappa shape index (κ1) is 12.1. The average molecular weight is 283 g/mol. The Labute approximate surface area is 116 Å². The molecule has 0 atom stereocenters. The van der Waals surface area contributed by atoms with Crippen molar-refractivity contribution in [1.29, 1.82) is 0 Å². The number of pyridine rings is 1. The number of hydrogen-bond acceptors (Lipinski definition) is 3. The molecule has 1 aliphatic heterocycles. The van der Waals surface area contributed by atoms with Crippen LogP contribution in [0.3, 0.4) is 0 Å². The van der Waals surface area contributed by atoms with Gasteiger partial charge in [0.2, 0.25) is 0 Å². The van der Waals surface area contributed by atoms with E-state index < -0.39 is 0 Å². The second kappa shape index (κ2) is 4.64. The van der Waals surface area contributed by atoms with E-state index in [1.54, 1.807) is 6.20 Å². The van der Waals surface area contributed by atoms with Crippen LogP contribution in [0, 0.1) is 4.77 Å². The summed E-state index contributed by atoms with van der Waals surface area (Å²) in [5.74, 6) is 0. The highest BCUT2D eigenvalue weighted by molar-refractivity contribution is 7.71. The molecule has 6 heteroatoms. The zero-order valence-corrected chi connectivity index (χ0v) is 11.8. The molecule has 1 fully saturated rings. The summed E-state index contributed by atoms with van der Waals surface area (Å²) in [7, 11) is 2.16. The maximum absolute atomic E-state index is 5.95. The third kappa shape index (κ3) is 2.06. The summed E-state index contributed by atoms with van der Waals surface area (Å²) in [6.45, 7) is 2.21. The van der Waals surface area contributed by atoms with Crippen LogP contribution in [0.5, 0.6) is 0 Å². The van der Waals surface area contributed by atoms with Gasteiger partial charge in [-0.1, -0.05) is 11.6 Å². The minimum atomic E-state index is 0.441. The monoisotopic (exact) mass is 282 g/mol. The van der Waals surface area contributed by atoms with Gasteiger partial charge >= 0.3 is 0 Å². The normalized spacial score (nSPS) is 18.6. The van der Waals surface area contributed by atoms with Gasteiger partial charge in [0.1, 0.15) is 0 Å². The van der Waals surface area contributed by atoms with Crippen LogP contribution >= 0.6 is 23.8 Å². The number of likely N-dealkylation sites (tertiary alicyclic amines) is 1. The van der Waals surface area contributed by atoms with Gasteiger partial charge in [0.15, 0.2) is 10.4 Å². The molecule has 2 aromatic rings. The molecule has 0 aromatic carbocycles. The van der Waals surface area contributed by atoms with E-state index in [1.165, 1.54) is 0 Å². The topological polar surface area (TPSA) is 36.9 Å². The Morgan fingerprint density at radius 3 is 2.89 bits per heavy atom. The molecule has 3 heterocycles. The number of imidazole rings is 1. The quantitative estimate of drug-likeness (QED) is 0.817. The van der Waals surface area contributed by atoms with Gasteiger partial charge in [0, 0.05) is 12.2 Å². The van der Waals surface area contributed by atoms with Crippen LogP contribution in [0.15, 0.2) is 12.3 Å². The van der Waals surface area contributed by atoms with Crippen molar-refractivity contribution < 1.29 is 0 Å². The number of H-pyrrole nitrogens is 1. The lowest BCUT2D eigenvalue weighted by molar-refractivity contribution is 0.222. The molecule has 0 amide bonds. The van der Waals surface area contributed by atoms with Crippen molar-refractivity contribution in [1.82, 2.24) is 19.4 Å². The SMILES string of the molecule is CN1CCC(n2c(=S)[nH]c3cc(Cl)cnc32)CC1. The van der Waals surface area contributed by atoms with Gasteiger partial charge in [-0.25, -0.2) is 4.98 Å². The number of rotatable bonds is 1. The van der Waals surface area contributed by atoms with E-state index in [2.05, 4.69) is 26.5 Å². The summed E-state index contributed by atoms with van der Waals surface area (Å²) in [6, 6.07) is 2.32. The Balaban J connectivity index is 2.06. The summed E-state index contributed by atoms with van der Waals surface area (Å²) in [5.41, 5.74) is 1.84. The number of fused-ring (bicyclic) bond motifs is 1. The van der Waals surface area contributed by atoms with Crippen molar-refractivity contribution in [2.24, 2.45) is 0 Å². The van der Waals surface area contributed by atoms with Crippen molar-refractivity contribution >= 4 is 35.0 Å². The van der Waals surface area contributed by atoms with Gasteiger partial charge in [-0.3, -0.25) is 4.57 Å². The number of nitrogens with zero attached hydrogens (tertiary/aromatic N) is 3. The second-order valence-corrected chi connectivity index (χ2v) is 5.68. The van der Waals surface area contributed by atoms with E-state index in [9.17, 15) is 0 Å². The van der Waals surface area contributed by atoms with E-state index in [4.69, 9.17) is 23.8 Å². The van der Waals surface area contributed by atoms with Crippen molar-refractivity contribution in [3.8, 4) is 0 Å². The van der Waals surface area contributed by atoms with Gasteiger partial charge in [0.05, 0.1) is 10.5 Å². The molecule has 0 bridgehead atoms. The molecule has 0 spiro atoms. The Hall–Kier alpha value is -0.910. The predicted molar refractivity (Wildman–Crippen MR) is 75.7 cm³/mol. The fourth-order valence-corrected chi connectivity index (χ4v) is 3.08. The summed E-state index contributed by atoms with van der Waals surface area (Å²) in [6.07, 6.45) is 3.90. The summed E-state index contributed by atoms with van der Waals surface area (Å²) in [4.78, 5) is 9.96. The van der Waals surface area contributed by atoms with Crippen molar-refractivity contribution in [3.05, 3.63) is 22.1 Å². The van der Waals surface area contributed by atoms with Crippen LogP contribution in [-0.4, -0.2) is 39.6 Å². The molecule has 3 rings (SSSR count). The smallest absolute Gasteiger partial charge is 0.179 e. The Kier molecular flexibility index (Phi) is 3.13. The number of aromatic nitrogens is 3. The van der Waals surface area contributed by atoms with E-state index >= 15 is 0 Å². The van der Waals surface area contributed by atoms with Gasteiger partial charge in [-0.15, -0.1) is 0 Å². The molecule has 0 aliphatic carbocycles. The first-order valence-corrected chi connectivity index (χ1v) is 6.88. The average Bonchev–Trinajstić information content (AvgIpc) is 2.65. The van der Waals surface area contributed by atoms with E-state index in [0.29, 0.717) is 11.1 Å². The van der Waals surface area contributed by atoms with E-state index in [-0.39, 0.29) is 0 Å². The van der Waals surface area contributed by atoms with Crippen LogP contribution in [0.25, 0.3) is 11.2 Å². The van der Waals surface area contributed by atoms with Gasteiger partial charge in [-0.2, -0.15) is 0 Å². The predicted octanol–water partition coefficient (Wildman–Crippen LogP) is 3.01. The number of piperidine rings is 1. The molecule has 1 N–H and O–H groups in total. The maximum Gasteiger partial charge on any atom is 0.179 e. The van der Waals surface area contributed by atoms with Crippen LogP contribution in [0.4, 0.5) is 0 Å². The van der Waals surface area contributed by atoms with E-state index in [1.807, 2.05) is 6.07 Å². The van der Waals surface area contributed by atoms with Crippen molar-refractivity contribution in [2.75, 3.05) is 20.1 Å².